The molecule has 7 nitrogen and oxygen atoms in total. The molecule has 2 amide bonds. The third-order valence-electron chi connectivity index (χ3n) is 6.31. The molecule has 0 aliphatic rings. The molecule has 40 heavy (non-hydrogen) atoms. The molecule has 0 spiro atoms. The van der Waals surface area contributed by atoms with Crippen molar-refractivity contribution in [2.24, 2.45) is 5.92 Å². The fraction of sp³-hybridized carbons (Fsp3) is 0.333. The molecule has 0 aliphatic carbocycles. The molecule has 0 fully saturated rings. The second kappa shape index (κ2) is 13.8. The molecule has 214 valence electrons. The van der Waals surface area contributed by atoms with E-state index in [1.807, 2.05) is 45.0 Å². The van der Waals surface area contributed by atoms with Crippen molar-refractivity contribution in [3.05, 3.63) is 94.8 Å². The molecular formula is C30H35ClFN3O4S. The zero-order valence-corrected chi connectivity index (χ0v) is 24.7. The molecule has 0 aliphatic heterocycles. The van der Waals surface area contributed by atoms with Crippen LogP contribution in [0.4, 0.5) is 10.1 Å². The lowest BCUT2D eigenvalue weighted by Crippen LogP contribution is -2.52. The summed E-state index contributed by atoms with van der Waals surface area (Å²) in [6.07, 6.45) is 0.315. The van der Waals surface area contributed by atoms with E-state index in [2.05, 4.69) is 5.32 Å². The Kier molecular flexibility index (Phi) is 10.7. The second-order valence-electron chi connectivity index (χ2n) is 10.00. The number of halogens is 2. The summed E-state index contributed by atoms with van der Waals surface area (Å²) in [5.74, 6) is -1.42. The number of amides is 2. The minimum Gasteiger partial charge on any atom is -0.354 e. The SMILES string of the molecule is CC[C@H](C(=O)NCC(C)C)N(Cc1cccc(C)c1)C(=O)CN(c1ccc(F)c(Cl)c1)S(=O)(=O)c1ccccc1. The largest absolute Gasteiger partial charge is 0.354 e. The van der Waals surface area contributed by atoms with E-state index in [-0.39, 0.29) is 34.0 Å². The van der Waals surface area contributed by atoms with Crippen molar-refractivity contribution in [1.29, 1.82) is 0 Å². The lowest BCUT2D eigenvalue weighted by atomic mass is 10.1. The number of sulfonamides is 1. The lowest BCUT2D eigenvalue weighted by molar-refractivity contribution is -0.140. The number of carbonyl (C=O) groups is 2. The first-order chi connectivity index (χ1) is 18.9. The predicted octanol–water partition coefficient (Wildman–Crippen LogP) is 5.56. The van der Waals surface area contributed by atoms with Gasteiger partial charge in [0.2, 0.25) is 11.8 Å². The molecule has 3 aromatic carbocycles. The van der Waals surface area contributed by atoms with Gasteiger partial charge in [-0.25, -0.2) is 12.8 Å². The zero-order valence-electron chi connectivity index (χ0n) is 23.1. The molecule has 0 radical (unpaired) electrons. The number of anilines is 1. The maximum Gasteiger partial charge on any atom is 0.264 e. The topological polar surface area (TPSA) is 86.8 Å². The monoisotopic (exact) mass is 587 g/mol. The molecule has 1 atom stereocenters. The Morgan fingerprint density at radius 1 is 1.00 bits per heavy atom. The van der Waals surface area contributed by atoms with E-state index in [0.29, 0.717) is 13.0 Å². The predicted molar refractivity (Wildman–Crippen MR) is 156 cm³/mol. The van der Waals surface area contributed by atoms with Crippen LogP contribution in [0.3, 0.4) is 0 Å². The second-order valence-corrected chi connectivity index (χ2v) is 12.3. The molecule has 0 bridgehead atoms. The molecule has 10 heteroatoms. The van der Waals surface area contributed by atoms with Crippen molar-refractivity contribution < 1.29 is 22.4 Å². The molecular weight excluding hydrogens is 553 g/mol. The van der Waals surface area contributed by atoms with Gasteiger partial charge in [0.05, 0.1) is 15.6 Å². The van der Waals surface area contributed by atoms with Gasteiger partial charge in [0, 0.05) is 13.1 Å². The van der Waals surface area contributed by atoms with Gasteiger partial charge in [-0.15, -0.1) is 0 Å². The first kappa shape index (κ1) is 31.1. The Hall–Kier alpha value is -3.43. The molecule has 0 saturated heterocycles. The fourth-order valence-electron chi connectivity index (χ4n) is 4.24. The number of aryl methyl sites for hydroxylation is 1. The Bertz CT molecular complexity index is 1430. The van der Waals surface area contributed by atoms with E-state index in [0.717, 1.165) is 21.5 Å². The summed E-state index contributed by atoms with van der Waals surface area (Å²) in [5, 5.41) is 2.61. The van der Waals surface area contributed by atoms with Crippen molar-refractivity contribution in [3.8, 4) is 0 Å². The van der Waals surface area contributed by atoms with E-state index in [4.69, 9.17) is 11.6 Å². The van der Waals surface area contributed by atoms with Crippen LogP contribution in [0.25, 0.3) is 0 Å². The van der Waals surface area contributed by atoms with Crippen LogP contribution in [0.2, 0.25) is 5.02 Å². The maximum absolute atomic E-state index is 14.0. The van der Waals surface area contributed by atoms with Crippen molar-refractivity contribution in [3.63, 3.8) is 0 Å². The summed E-state index contributed by atoms with van der Waals surface area (Å²) >= 11 is 6.01. The van der Waals surface area contributed by atoms with E-state index < -0.39 is 34.3 Å². The average Bonchev–Trinajstić information content (AvgIpc) is 2.92. The third kappa shape index (κ3) is 7.82. The highest BCUT2D eigenvalue weighted by atomic mass is 35.5. The number of benzene rings is 3. The van der Waals surface area contributed by atoms with Crippen LogP contribution in [0.1, 0.15) is 38.3 Å². The van der Waals surface area contributed by atoms with E-state index in [9.17, 15) is 22.4 Å². The highest BCUT2D eigenvalue weighted by molar-refractivity contribution is 7.92. The summed E-state index contributed by atoms with van der Waals surface area (Å²) in [4.78, 5) is 28.6. The number of nitrogens with one attached hydrogen (secondary N) is 1. The van der Waals surface area contributed by atoms with Crippen LogP contribution in [0.5, 0.6) is 0 Å². The summed E-state index contributed by atoms with van der Waals surface area (Å²) < 4.78 is 42.5. The van der Waals surface area contributed by atoms with Crippen LogP contribution in [-0.2, 0) is 26.2 Å². The maximum atomic E-state index is 14.0. The smallest absolute Gasteiger partial charge is 0.264 e. The zero-order chi connectivity index (χ0) is 29.4. The first-order valence-electron chi connectivity index (χ1n) is 13.1. The summed E-state index contributed by atoms with van der Waals surface area (Å²) in [6, 6.07) is 17.8. The van der Waals surface area contributed by atoms with E-state index in [1.165, 1.54) is 29.2 Å². The van der Waals surface area contributed by atoms with Crippen LogP contribution in [-0.4, -0.2) is 44.3 Å². The van der Waals surface area contributed by atoms with Gasteiger partial charge < -0.3 is 10.2 Å². The molecule has 0 heterocycles. The minimum absolute atomic E-state index is 0.0245. The standard InChI is InChI=1S/C30H35ClFN3O4S/c1-5-28(30(37)33-18-21(2)3)34(19-23-11-9-10-22(4)16-23)29(36)20-35(24-14-15-27(32)26(31)17-24)40(38,39)25-12-7-6-8-13-25/h6-17,21,28H,5,18-20H2,1-4H3,(H,33,37)/t28-/m1/s1. The number of hydrogen-bond donors (Lipinski definition) is 1. The normalized spacial score (nSPS) is 12.2. The van der Waals surface area contributed by atoms with Crippen molar-refractivity contribution >= 4 is 39.1 Å². The van der Waals surface area contributed by atoms with Gasteiger partial charge in [-0.3, -0.25) is 13.9 Å². The van der Waals surface area contributed by atoms with Gasteiger partial charge in [-0.05, 0) is 55.2 Å². The first-order valence-corrected chi connectivity index (χ1v) is 14.9. The van der Waals surface area contributed by atoms with Crippen molar-refractivity contribution in [2.45, 2.75) is 51.6 Å². The quantitative estimate of drug-likeness (QED) is 0.300. The fourth-order valence-corrected chi connectivity index (χ4v) is 5.84. The highest BCUT2D eigenvalue weighted by Gasteiger charge is 2.34. The van der Waals surface area contributed by atoms with Crippen molar-refractivity contribution in [1.82, 2.24) is 10.2 Å². The molecule has 1 N–H and O–H groups in total. The molecule has 0 unspecified atom stereocenters. The van der Waals surface area contributed by atoms with Gasteiger partial charge in [-0.1, -0.05) is 80.4 Å². The lowest BCUT2D eigenvalue weighted by Gasteiger charge is -2.33. The number of nitrogens with zero attached hydrogens (tertiary/aromatic N) is 2. The summed E-state index contributed by atoms with van der Waals surface area (Å²) in [7, 11) is -4.26. The Labute approximate surface area is 241 Å². The number of carbonyl (C=O) groups excluding carboxylic acids is 2. The van der Waals surface area contributed by atoms with Crippen LogP contribution in [0.15, 0.2) is 77.7 Å². The molecule has 3 aromatic rings. The minimum atomic E-state index is -4.26. The Balaban J connectivity index is 2.06. The van der Waals surface area contributed by atoms with Gasteiger partial charge in [-0.2, -0.15) is 0 Å². The Morgan fingerprint density at radius 3 is 2.30 bits per heavy atom. The number of rotatable bonds is 12. The van der Waals surface area contributed by atoms with Crippen LogP contribution < -0.4 is 9.62 Å². The van der Waals surface area contributed by atoms with E-state index in [1.54, 1.807) is 25.1 Å². The Morgan fingerprint density at radius 2 is 1.70 bits per heavy atom. The average molecular weight is 588 g/mol. The van der Waals surface area contributed by atoms with Gasteiger partial charge in [0.25, 0.3) is 10.0 Å². The number of hydrogen-bond acceptors (Lipinski definition) is 4. The van der Waals surface area contributed by atoms with Crippen LogP contribution >= 0.6 is 11.6 Å². The molecule has 0 aromatic heterocycles. The van der Waals surface area contributed by atoms with Gasteiger partial charge in [0.1, 0.15) is 18.4 Å². The summed E-state index contributed by atoms with van der Waals surface area (Å²) in [6.45, 7) is 7.57. The molecule has 0 saturated carbocycles. The summed E-state index contributed by atoms with van der Waals surface area (Å²) in [5.41, 5.74) is 1.80. The molecule has 3 rings (SSSR count). The third-order valence-corrected chi connectivity index (χ3v) is 8.38. The van der Waals surface area contributed by atoms with Crippen LogP contribution in [0, 0.1) is 18.7 Å². The van der Waals surface area contributed by atoms with E-state index >= 15 is 0 Å². The van der Waals surface area contributed by atoms with Gasteiger partial charge in [0.15, 0.2) is 0 Å². The highest BCUT2D eigenvalue weighted by Crippen LogP contribution is 2.28. The van der Waals surface area contributed by atoms with Gasteiger partial charge >= 0.3 is 0 Å². The van der Waals surface area contributed by atoms with Crippen molar-refractivity contribution in [2.75, 3.05) is 17.4 Å².